The monoisotopic (exact) mass is 333 g/mol. The number of nitrogens with zero attached hydrogens (tertiary/aromatic N) is 3. The van der Waals surface area contributed by atoms with Gasteiger partial charge in [0.25, 0.3) is 5.56 Å². The Balaban J connectivity index is 2.14. The molecule has 2 aromatic heterocycles. The van der Waals surface area contributed by atoms with Gasteiger partial charge < -0.3 is 4.74 Å². The van der Waals surface area contributed by atoms with Gasteiger partial charge in [-0.05, 0) is 24.5 Å². The number of para-hydroxylation sites is 1. The highest BCUT2D eigenvalue weighted by molar-refractivity contribution is 7.98. The minimum Gasteiger partial charge on any atom is -0.450 e. The van der Waals surface area contributed by atoms with E-state index >= 15 is 0 Å². The summed E-state index contributed by atoms with van der Waals surface area (Å²) in [7, 11) is 1.65. The minimum atomic E-state index is -0.279. The number of halogens is 1. The fraction of sp³-hybridized carbons (Fsp3) is 0.133. The molecule has 0 atom stereocenters. The zero-order valence-electron chi connectivity index (χ0n) is 11.9. The Morgan fingerprint density at radius 3 is 2.77 bits per heavy atom. The summed E-state index contributed by atoms with van der Waals surface area (Å²) in [5.41, 5.74) is 0.286. The Hall–Kier alpha value is -2.05. The number of aromatic nitrogens is 3. The SMILES string of the molecule is CSc1ncc2cc(Oc3ccccc3Cl)c(=O)n(C)c2n1. The van der Waals surface area contributed by atoms with Gasteiger partial charge in [0.1, 0.15) is 11.4 Å². The van der Waals surface area contributed by atoms with Gasteiger partial charge in [0.2, 0.25) is 0 Å². The molecule has 0 aliphatic carbocycles. The fourth-order valence-electron chi connectivity index (χ4n) is 2.02. The third-order valence-electron chi connectivity index (χ3n) is 3.13. The van der Waals surface area contributed by atoms with E-state index in [0.717, 1.165) is 5.39 Å². The van der Waals surface area contributed by atoms with Gasteiger partial charge in [-0.25, -0.2) is 9.97 Å². The average Bonchev–Trinajstić information content (AvgIpc) is 2.54. The van der Waals surface area contributed by atoms with E-state index in [1.807, 2.05) is 6.26 Å². The van der Waals surface area contributed by atoms with Gasteiger partial charge in [0.05, 0.1) is 5.02 Å². The Morgan fingerprint density at radius 1 is 1.27 bits per heavy atom. The summed E-state index contributed by atoms with van der Waals surface area (Å²) in [5, 5.41) is 1.78. The predicted octanol–water partition coefficient (Wildman–Crippen LogP) is 3.50. The smallest absolute Gasteiger partial charge is 0.294 e. The van der Waals surface area contributed by atoms with Gasteiger partial charge in [0, 0.05) is 18.6 Å². The molecule has 7 heteroatoms. The van der Waals surface area contributed by atoms with Crippen LogP contribution in [0.4, 0.5) is 0 Å². The first-order chi connectivity index (χ1) is 10.6. The molecular formula is C15H12ClN3O2S. The normalized spacial score (nSPS) is 10.9. The molecule has 0 radical (unpaired) electrons. The van der Waals surface area contributed by atoms with Crippen LogP contribution in [0.15, 0.2) is 46.5 Å². The van der Waals surface area contributed by atoms with E-state index in [-0.39, 0.29) is 11.3 Å². The van der Waals surface area contributed by atoms with Crippen LogP contribution in [-0.2, 0) is 7.05 Å². The van der Waals surface area contributed by atoms with Gasteiger partial charge in [-0.2, -0.15) is 0 Å². The van der Waals surface area contributed by atoms with Crippen LogP contribution in [0.5, 0.6) is 11.5 Å². The lowest BCUT2D eigenvalue weighted by molar-refractivity contribution is 0.472. The molecule has 0 bridgehead atoms. The maximum atomic E-state index is 12.4. The summed E-state index contributed by atoms with van der Waals surface area (Å²) in [6.45, 7) is 0. The van der Waals surface area contributed by atoms with E-state index in [2.05, 4.69) is 9.97 Å². The number of hydrogen-bond donors (Lipinski definition) is 0. The maximum Gasteiger partial charge on any atom is 0.294 e. The topological polar surface area (TPSA) is 57.0 Å². The molecule has 0 saturated carbocycles. The molecule has 112 valence electrons. The first kappa shape index (κ1) is 14.9. The van der Waals surface area contributed by atoms with E-state index in [4.69, 9.17) is 16.3 Å². The first-order valence-corrected chi connectivity index (χ1v) is 8.03. The molecule has 22 heavy (non-hydrogen) atoms. The van der Waals surface area contributed by atoms with Crippen molar-refractivity contribution in [3.8, 4) is 11.5 Å². The van der Waals surface area contributed by atoms with E-state index in [1.54, 1.807) is 43.6 Å². The lowest BCUT2D eigenvalue weighted by Gasteiger charge is -2.10. The second-order valence-electron chi connectivity index (χ2n) is 4.54. The van der Waals surface area contributed by atoms with Crippen LogP contribution >= 0.6 is 23.4 Å². The molecule has 0 spiro atoms. The van der Waals surface area contributed by atoms with Crippen LogP contribution in [0.25, 0.3) is 11.0 Å². The van der Waals surface area contributed by atoms with Crippen LogP contribution in [0.1, 0.15) is 0 Å². The van der Waals surface area contributed by atoms with Crippen molar-refractivity contribution in [2.24, 2.45) is 7.05 Å². The Morgan fingerprint density at radius 2 is 2.05 bits per heavy atom. The minimum absolute atomic E-state index is 0.184. The van der Waals surface area contributed by atoms with E-state index in [1.165, 1.54) is 16.3 Å². The van der Waals surface area contributed by atoms with Crippen molar-refractivity contribution in [2.45, 2.75) is 5.16 Å². The van der Waals surface area contributed by atoms with Crippen molar-refractivity contribution in [2.75, 3.05) is 6.26 Å². The molecular weight excluding hydrogens is 322 g/mol. The quantitative estimate of drug-likeness (QED) is 0.542. The molecule has 5 nitrogen and oxygen atoms in total. The highest BCUT2D eigenvalue weighted by atomic mass is 35.5. The van der Waals surface area contributed by atoms with Crippen molar-refractivity contribution < 1.29 is 4.74 Å². The number of pyridine rings is 1. The lowest BCUT2D eigenvalue weighted by atomic mass is 10.3. The lowest BCUT2D eigenvalue weighted by Crippen LogP contribution is -2.19. The number of ether oxygens (including phenoxy) is 1. The summed E-state index contributed by atoms with van der Waals surface area (Å²) in [4.78, 5) is 21.0. The Labute approximate surface area is 135 Å². The Bertz CT molecular complexity index is 911. The van der Waals surface area contributed by atoms with Crippen LogP contribution in [-0.4, -0.2) is 20.8 Å². The van der Waals surface area contributed by atoms with Crippen molar-refractivity contribution in [3.63, 3.8) is 0 Å². The maximum absolute atomic E-state index is 12.4. The molecule has 0 aliphatic heterocycles. The third-order valence-corrected chi connectivity index (χ3v) is 4.01. The van der Waals surface area contributed by atoms with Gasteiger partial charge in [-0.3, -0.25) is 9.36 Å². The second-order valence-corrected chi connectivity index (χ2v) is 5.72. The van der Waals surface area contributed by atoms with Crippen LogP contribution in [0.3, 0.4) is 0 Å². The van der Waals surface area contributed by atoms with E-state index in [9.17, 15) is 4.79 Å². The zero-order valence-corrected chi connectivity index (χ0v) is 13.5. The van der Waals surface area contributed by atoms with Crippen molar-refractivity contribution in [3.05, 3.63) is 51.9 Å². The van der Waals surface area contributed by atoms with Crippen LogP contribution in [0.2, 0.25) is 5.02 Å². The molecule has 3 aromatic rings. The van der Waals surface area contributed by atoms with Crippen molar-refractivity contribution in [1.82, 2.24) is 14.5 Å². The van der Waals surface area contributed by atoms with Crippen molar-refractivity contribution >= 4 is 34.4 Å². The molecule has 0 N–H and O–H groups in total. The molecule has 0 saturated heterocycles. The van der Waals surface area contributed by atoms with E-state index < -0.39 is 0 Å². The van der Waals surface area contributed by atoms with Gasteiger partial charge in [-0.15, -0.1) is 0 Å². The first-order valence-electron chi connectivity index (χ1n) is 6.43. The molecule has 0 aliphatic rings. The Kier molecular flexibility index (Phi) is 4.04. The summed E-state index contributed by atoms with van der Waals surface area (Å²) < 4.78 is 7.11. The predicted molar refractivity (Wildman–Crippen MR) is 88.1 cm³/mol. The summed E-state index contributed by atoms with van der Waals surface area (Å²) in [6, 6.07) is 8.63. The number of rotatable bonds is 3. The number of hydrogen-bond acceptors (Lipinski definition) is 5. The van der Waals surface area contributed by atoms with Crippen molar-refractivity contribution in [1.29, 1.82) is 0 Å². The summed E-state index contributed by atoms with van der Waals surface area (Å²) in [6.07, 6.45) is 3.56. The molecule has 0 unspecified atom stereocenters. The van der Waals surface area contributed by atoms with E-state index in [0.29, 0.717) is 21.6 Å². The van der Waals surface area contributed by atoms with Gasteiger partial charge >= 0.3 is 0 Å². The number of fused-ring (bicyclic) bond motifs is 1. The number of thioether (sulfide) groups is 1. The molecule has 2 heterocycles. The van der Waals surface area contributed by atoms with Gasteiger partial charge in [0.15, 0.2) is 10.9 Å². The standard InChI is InChI=1S/C15H12ClN3O2S/c1-19-13-9(8-17-15(18-13)22-2)7-12(14(19)20)21-11-6-4-3-5-10(11)16/h3-8H,1-2H3. The number of benzene rings is 1. The molecule has 0 amide bonds. The molecule has 0 fully saturated rings. The average molecular weight is 334 g/mol. The highest BCUT2D eigenvalue weighted by Gasteiger charge is 2.12. The molecule has 1 aromatic carbocycles. The largest absolute Gasteiger partial charge is 0.450 e. The second kappa shape index (κ2) is 5.98. The summed E-state index contributed by atoms with van der Waals surface area (Å²) >= 11 is 7.48. The molecule has 3 rings (SSSR count). The summed E-state index contributed by atoms with van der Waals surface area (Å²) in [5.74, 6) is 0.617. The van der Waals surface area contributed by atoms with Crippen LogP contribution in [0, 0.1) is 0 Å². The van der Waals surface area contributed by atoms with Crippen LogP contribution < -0.4 is 10.3 Å². The zero-order chi connectivity index (χ0) is 15.7. The third kappa shape index (κ3) is 2.67. The van der Waals surface area contributed by atoms with Gasteiger partial charge in [-0.1, -0.05) is 35.5 Å². The highest BCUT2D eigenvalue weighted by Crippen LogP contribution is 2.28. The fourth-order valence-corrected chi connectivity index (χ4v) is 2.53. The number of aryl methyl sites for hydroxylation is 1.